The van der Waals surface area contributed by atoms with Crippen LogP contribution in [-0.2, 0) is 6.42 Å². The molecule has 0 aliphatic carbocycles. The first-order chi connectivity index (χ1) is 5.36. The summed E-state index contributed by atoms with van der Waals surface area (Å²) in [7, 11) is 0. The van der Waals surface area contributed by atoms with E-state index in [1.54, 1.807) is 6.20 Å². The lowest BCUT2D eigenvalue weighted by molar-refractivity contribution is -0.568. The average molecular weight is 146 g/mol. The Morgan fingerprint density at radius 1 is 1.45 bits per heavy atom. The summed E-state index contributed by atoms with van der Waals surface area (Å²) in [4.78, 5) is 0. The van der Waals surface area contributed by atoms with Crippen molar-refractivity contribution < 1.29 is 4.57 Å². The van der Waals surface area contributed by atoms with Crippen LogP contribution in [-0.4, -0.2) is 0 Å². The first-order valence-corrected chi connectivity index (χ1v) is 3.60. The van der Waals surface area contributed by atoms with Crippen molar-refractivity contribution in [1.29, 1.82) is 0 Å². The molecule has 11 heavy (non-hydrogen) atoms. The molecule has 0 amide bonds. The van der Waals surface area contributed by atoms with Gasteiger partial charge in [0.1, 0.15) is 0 Å². The van der Waals surface area contributed by atoms with Crippen LogP contribution in [0.4, 0.5) is 0 Å². The van der Waals surface area contributed by atoms with E-state index in [0.717, 1.165) is 6.42 Å². The standard InChI is InChI=1S/C10H12N/c1-3-6-10-7-5-8-11(4-2)9-10/h3-5,7-9H,1-2,6H2/q+1. The molecule has 0 aliphatic heterocycles. The van der Waals surface area contributed by atoms with Gasteiger partial charge in [-0.05, 0) is 19.1 Å². The van der Waals surface area contributed by atoms with Crippen LogP contribution < -0.4 is 4.57 Å². The van der Waals surface area contributed by atoms with Crippen LogP contribution in [0.3, 0.4) is 0 Å². The van der Waals surface area contributed by atoms with Crippen LogP contribution >= 0.6 is 0 Å². The van der Waals surface area contributed by atoms with Crippen LogP contribution in [0.1, 0.15) is 5.56 Å². The molecule has 0 bridgehead atoms. The molecule has 0 unspecified atom stereocenters. The third-order valence-electron chi connectivity index (χ3n) is 1.47. The lowest BCUT2D eigenvalue weighted by Gasteiger charge is -1.91. The Balaban J connectivity index is 2.90. The van der Waals surface area contributed by atoms with Crippen LogP contribution in [0.25, 0.3) is 6.20 Å². The fourth-order valence-electron chi connectivity index (χ4n) is 0.945. The SMILES string of the molecule is C=CCc1ccc[n+](C=C)c1. The van der Waals surface area contributed by atoms with E-state index in [0.29, 0.717) is 0 Å². The Kier molecular flexibility index (Phi) is 2.61. The Labute approximate surface area is 67.3 Å². The minimum Gasteiger partial charge on any atom is -0.174 e. The van der Waals surface area contributed by atoms with Gasteiger partial charge in [0.25, 0.3) is 0 Å². The fourth-order valence-corrected chi connectivity index (χ4v) is 0.945. The summed E-state index contributed by atoms with van der Waals surface area (Å²) < 4.78 is 1.93. The number of rotatable bonds is 3. The number of aromatic nitrogens is 1. The predicted molar refractivity (Wildman–Crippen MR) is 46.9 cm³/mol. The first kappa shape index (κ1) is 7.73. The maximum Gasteiger partial charge on any atom is 0.177 e. The van der Waals surface area contributed by atoms with Crippen molar-refractivity contribution in [2.75, 3.05) is 0 Å². The number of pyridine rings is 1. The molecule has 1 rings (SSSR count). The molecule has 0 aromatic carbocycles. The monoisotopic (exact) mass is 146 g/mol. The highest BCUT2D eigenvalue weighted by Crippen LogP contribution is 1.95. The molecule has 0 saturated carbocycles. The highest BCUT2D eigenvalue weighted by molar-refractivity contribution is 5.11. The molecular weight excluding hydrogens is 134 g/mol. The summed E-state index contributed by atoms with van der Waals surface area (Å²) in [6.07, 6.45) is 8.57. The summed E-state index contributed by atoms with van der Waals surface area (Å²) in [6.45, 7) is 7.35. The number of hydrogen-bond donors (Lipinski definition) is 0. The van der Waals surface area contributed by atoms with Gasteiger partial charge >= 0.3 is 0 Å². The number of nitrogens with zero attached hydrogens (tertiary/aromatic N) is 1. The van der Waals surface area contributed by atoms with E-state index in [4.69, 9.17) is 0 Å². The smallest absolute Gasteiger partial charge is 0.174 e. The average Bonchev–Trinajstić information content (AvgIpc) is 2.06. The van der Waals surface area contributed by atoms with Crippen LogP contribution in [0.15, 0.2) is 43.8 Å². The second-order valence-electron chi connectivity index (χ2n) is 2.33. The van der Waals surface area contributed by atoms with Crippen molar-refractivity contribution >= 4 is 6.20 Å². The van der Waals surface area contributed by atoms with Crippen molar-refractivity contribution in [1.82, 2.24) is 0 Å². The lowest BCUT2D eigenvalue weighted by atomic mass is 10.2. The number of hydrogen-bond acceptors (Lipinski definition) is 0. The minimum absolute atomic E-state index is 0.911. The molecule has 1 heteroatoms. The van der Waals surface area contributed by atoms with Gasteiger partial charge in [-0.25, -0.2) is 0 Å². The van der Waals surface area contributed by atoms with Gasteiger partial charge in [-0.2, -0.15) is 4.57 Å². The van der Waals surface area contributed by atoms with Crippen LogP contribution in [0, 0.1) is 0 Å². The van der Waals surface area contributed by atoms with Crippen molar-refractivity contribution in [2.45, 2.75) is 6.42 Å². The van der Waals surface area contributed by atoms with Gasteiger partial charge < -0.3 is 0 Å². The summed E-state index contributed by atoms with van der Waals surface area (Å²) >= 11 is 0. The van der Waals surface area contributed by atoms with Gasteiger partial charge in [-0.15, -0.1) is 6.58 Å². The quantitative estimate of drug-likeness (QED) is 0.452. The Morgan fingerprint density at radius 3 is 2.91 bits per heavy atom. The summed E-state index contributed by atoms with van der Waals surface area (Å²) in [5.74, 6) is 0. The fraction of sp³-hybridized carbons (Fsp3) is 0.100. The van der Waals surface area contributed by atoms with E-state index in [1.165, 1.54) is 5.56 Å². The molecule has 56 valence electrons. The molecule has 1 heterocycles. The molecule has 0 aliphatic rings. The highest BCUT2D eigenvalue weighted by atomic mass is 14.9. The second-order valence-corrected chi connectivity index (χ2v) is 2.33. The molecule has 0 N–H and O–H groups in total. The number of allylic oxidation sites excluding steroid dienone is 1. The van der Waals surface area contributed by atoms with Gasteiger partial charge in [-0.3, -0.25) is 0 Å². The van der Waals surface area contributed by atoms with Crippen molar-refractivity contribution in [3.63, 3.8) is 0 Å². The maximum atomic E-state index is 3.68. The topological polar surface area (TPSA) is 3.88 Å². The molecule has 0 atom stereocenters. The Hall–Kier alpha value is -1.37. The lowest BCUT2D eigenvalue weighted by Crippen LogP contribution is -2.24. The summed E-state index contributed by atoms with van der Waals surface area (Å²) in [5, 5.41) is 0. The predicted octanol–water partition coefficient (Wildman–Crippen LogP) is 1.80. The molecule has 0 radical (unpaired) electrons. The zero-order valence-electron chi connectivity index (χ0n) is 6.53. The van der Waals surface area contributed by atoms with Crippen molar-refractivity contribution in [2.24, 2.45) is 0 Å². The zero-order chi connectivity index (χ0) is 8.10. The molecular formula is C10H12N+. The molecule has 0 saturated heterocycles. The zero-order valence-corrected chi connectivity index (χ0v) is 6.53. The van der Waals surface area contributed by atoms with Gasteiger partial charge in [-0.1, -0.05) is 6.08 Å². The third kappa shape index (κ3) is 2.04. The highest BCUT2D eigenvalue weighted by Gasteiger charge is 1.95. The third-order valence-corrected chi connectivity index (χ3v) is 1.47. The maximum absolute atomic E-state index is 3.68. The van der Waals surface area contributed by atoms with Gasteiger partial charge in [0.15, 0.2) is 18.6 Å². The Bertz CT molecular complexity index is 263. The summed E-state index contributed by atoms with van der Waals surface area (Å²) in [5.41, 5.74) is 1.25. The molecule has 1 aromatic heterocycles. The van der Waals surface area contributed by atoms with Crippen LogP contribution in [0.2, 0.25) is 0 Å². The Morgan fingerprint density at radius 2 is 2.27 bits per heavy atom. The molecule has 1 aromatic rings. The molecule has 1 nitrogen and oxygen atoms in total. The molecule has 0 spiro atoms. The van der Waals surface area contributed by atoms with E-state index in [1.807, 2.05) is 29.1 Å². The largest absolute Gasteiger partial charge is 0.177 e. The van der Waals surface area contributed by atoms with E-state index >= 15 is 0 Å². The van der Waals surface area contributed by atoms with Gasteiger partial charge in [0.2, 0.25) is 0 Å². The van der Waals surface area contributed by atoms with E-state index < -0.39 is 0 Å². The van der Waals surface area contributed by atoms with E-state index in [9.17, 15) is 0 Å². The second kappa shape index (κ2) is 3.71. The minimum atomic E-state index is 0.911. The van der Waals surface area contributed by atoms with Gasteiger partial charge in [0, 0.05) is 11.6 Å². The van der Waals surface area contributed by atoms with Crippen molar-refractivity contribution in [3.05, 3.63) is 49.3 Å². The molecule has 0 fully saturated rings. The first-order valence-electron chi connectivity index (χ1n) is 3.60. The van der Waals surface area contributed by atoms with E-state index in [-0.39, 0.29) is 0 Å². The van der Waals surface area contributed by atoms with Crippen molar-refractivity contribution in [3.8, 4) is 0 Å². The van der Waals surface area contributed by atoms with E-state index in [2.05, 4.69) is 19.2 Å². The normalized spacial score (nSPS) is 9.09. The summed E-state index contributed by atoms with van der Waals surface area (Å²) in [6, 6.07) is 4.07. The van der Waals surface area contributed by atoms with Gasteiger partial charge in [0.05, 0.1) is 0 Å². The van der Waals surface area contributed by atoms with Crippen LogP contribution in [0.5, 0.6) is 0 Å².